The predicted octanol–water partition coefficient (Wildman–Crippen LogP) is 3.59. The molecule has 4 heteroatoms. The Morgan fingerprint density at radius 2 is 1.36 bits per heavy atom. The molecular formula is C18H26O4. The highest BCUT2D eigenvalue weighted by atomic mass is 16.5. The van der Waals surface area contributed by atoms with Gasteiger partial charge < -0.3 is 9.47 Å². The maximum atomic E-state index is 12.3. The lowest BCUT2D eigenvalue weighted by atomic mass is 9.87. The molecule has 22 heavy (non-hydrogen) atoms. The van der Waals surface area contributed by atoms with E-state index < -0.39 is 0 Å². The number of carbonyl (C=O) groups is 2. The van der Waals surface area contributed by atoms with Crippen LogP contribution in [0.5, 0.6) is 0 Å². The standard InChI is InChI=1S/C18H26O4/c1-7-21-16(19)10-9-15-13(5)11(3)12(4)14(6)17(15)18(20)22-8-2/h7-10H2,1-6H3. The normalized spacial score (nSPS) is 10.5. The summed E-state index contributed by atoms with van der Waals surface area (Å²) in [5, 5.41) is 0. The Morgan fingerprint density at radius 3 is 1.91 bits per heavy atom. The summed E-state index contributed by atoms with van der Waals surface area (Å²) in [5.41, 5.74) is 5.74. The van der Waals surface area contributed by atoms with E-state index in [4.69, 9.17) is 9.47 Å². The lowest BCUT2D eigenvalue weighted by Crippen LogP contribution is -2.16. The molecule has 0 atom stereocenters. The molecule has 0 aliphatic rings. The zero-order valence-electron chi connectivity index (χ0n) is 14.5. The summed E-state index contributed by atoms with van der Waals surface area (Å²) in [6, 6.07) is 0. The van der Waals surface area contributed by atoms with E-state index in [2.05, 4.69) is 0 Å². The Bertz CT molecular complexity index is 573. The smallest absolute Gasteiger partial charge is 0.338 e. The molecule has 0 spiro atoms. The van der Waals surface area contributed by atoms with Crippen LogP contribution in [0.3, 0.4) is 0 Å². The van der Waals surface area contributed by atoms with Gasteiger partial charge in [-0.05, 0) is 75.8 Å². The number of hydrogen-bond acceptors (Lipinski definition) is 4. The number of carbonyl (C=O) groups excluding carboxylic acids is 2. The molecule has 1 aromatic carbocycles. The van der Waals surface area contributed by atoms with Crippen LogP contribution in [0.25, 0.3) is 0 Å². The third-order valence-electron chi connectivity index (χ3n) is 4.18. The number of ether oxygens (including phenoxy) is 2. The van der Waals surface area contributed by atoms with Gasteiger partial charge in [-0.3, -0.25) is 4.79 Å². The van der Waals surface area contributed by atoms with E-state index in [1.165, 1.54) is 0 Å². The molecule has 1 rings (SSSR count). The first-order chi connectivity index (χ1) is 10.3. The first-order valence-electron chi connectivity index (χ1n) is 7.77. The Labute approximate surface area is 132 Å². The van der Waals surface area contributed by atoms with Crippen molar-refractivity contribution in [3.63, 3.8) is 0 Å². The van der Waals surface area contributed by atoms with Crippen LogP contribution in [0, 0.1) is 27.7 Å². The van der Waals surface area contributed by atoms with Gasteiger partial charge in [0.05, 0.1) is 18.8 Å². The van der Waals surface area contributed by atoms with E-state index >= 15 is 0 Å². The Balaban J connectivity index is 3.27. The summed E-state index contributed by atoms with van der Waals surface area (Å²) < 4.78 is 10.2. The van der Waals surface area contributed by atoms with Gasteiger partial charge in [0.25, 0.3) is 0 Å². The van der Waals surface area contributed by atoms with Crippen molar-refractivity contribution in [3.05, 3.63) is 33.4 Å². The maximum Gasteiger partial charge on any atom is 0.338 e. The van der Waals surface area contributed by atoms with Crippen LogP contribution in [-0.2, 0) is 20.7 Å². The molecule has 0 bridgehead atoms. The summed E-state index contributed by atoms with van der Waals surface area (Å²) in [6.07, 6.45) is 0.754. The second kappa shape index (κ2) is 7.97. The van der Waals surface area contributed by atoms with Gasteiger partial charge in [-0.1, -0.05) is 0 Å². The fourth-order valence-electron chi connectivity index (χ4n) is 2.64. The summed E-state index contributed by atoms with van der Waals surface area (Å²) in [6.45, 7) is 12.3. The highest BCUT2D eigenvalue weighted by Crippen LogP contribution is 2.28. The molecule has 0 fully saturated rings. The van der Waals surface area contributed by atoms with Gasteiger partial charge in [0.2, 0.25) is 0 Å². The van der Waals surface area contributed by atoms with Crippen molar-refractivity contribution in [2.75, 3.05) is 13.2 Å². The number of hydrogen-bond donors (Lipinski definition) is 0. The molecule has 122 valence electrons. The average molecular weight is 306 g/mol. The molecular weight excluding hydrogens is 280 g/mol. The van der Waals surface area contributed by atoms with Gasteiger partial charge in [-0.25, -0.2) is 4.79 Å². The molecule has 0 aromatic heterocycles. The first-order valence-corrected chi connectivity index (χ1v) is 7.77. The topological polar surface area (TPSA) is 52.6 Å². The maximum absolute atomic E-state index is 12.3. The van der Waals surface area contributed by atoms with E-state index in [1.807, 2.05) is 27.7 Å². The fraction of sp³-hybridized carbons (Fsp3) is 0.556. The van der Waals surface area contributed by atoms with Crippen molar-refractivity contribution in [3.8, 4) is 0 Å². The predicted molar refractivity (Wildman–Crippen MR) is 86.3 cm³/mol. The van der Waals surface area contributed by atoms with Gasteiger partial charge in [-0.15, -0.1) is 0 Å². The first kappa shape index (κ1) is 18.2. The van der Waals surface area contributed by atoms with Crippen molar-refractivity contribution < 1.29 is 19.1 Å². The zero-order chi connectivity index (χ0) is 16.9. The summed E-state index contributed by atoms with van der Waals surface area (Å²) in [5.74, 6) is -0.558. The van der Waals surface area contributed by atoms with Crippen LogP contribution in [0.2, 0.25) is 0 Å². The summed E-state index contributed by atoms with van der Waals surface area (Å²) in [7, 11) is 0. The van der Waals surface area contributed by atoms with Crippen molar-refractivity contribution in [1.82, 2.24) is 0 Å². The Morgan fingerprint density at radius 1 is 0.818 bits per heavy atom. The second-order valence-electron chi connectivity index (χ2n) is 5.38. The van der Waals surface area contributed by atoms with E-state index in [0.717, 1.165) is 27.8 Å². The van der Waals surface area contributed by atoms with E-state index in [9.17, 15) is 9.59 Å². The lowest BCUT2D eigenvalue weighted by molar-refractivity contribution is -0.143. The van der Waals surface area contributed by atoms with Gasteiger partial charge in [0, 0.05) is 6.42 Å². The molecule has 1 aromatic rings. The number of esters is 2. The van der Waals surface area contributed by atoms with Crippen molar-refractivity contribution in [2.24, 2.45) is 0 Å². The van der Waals surface area contributed by atoms with E-state index in [0.29, 0.717) is 25.2 Å². The molecule has 0 radical (unpaired) electrons. The highest BCUT2D eigenvalue weighted by molar-refractivity contribution is 5.94. The average Bonchev–Trinajstić information content (AvgIpc) is 2.47. The number of rotatable bonds is 6. The molecule has 4 nitrogen and oxygen atoms in total. The summed E-state index contributed by atoms with van der Waals surface area (Å²) in [4.78, 5) is 24.0. The van der Waals surface area contributed by atoms with Gasteiger partial charge in [-0.2, -0.15) is 0 Å². The third-order valence-corrected chi connectivity index (χ3v) is 4.18. The van der Waals surface area contributed by atoms with Crippen molar-refractivity contribution in [2.45, 2.75) is 54.4 Å². The SMILES string of the molecule is CCOC(=O)CCc1c(C)c(C)c(C)c(C)c1C(=O)OCC. The van der Waals surface area contributed by atoms with Crippen LogP contribution in [0.1, 0.15) is 58.4 Å². The minimum Gasteiger partial charge on any atom is -0.466 e. The minimum atomic E-state index is -0.315. The number of benzene rings is 1. The van der Waals surface area contributed by atoms with Crippen molar-refractivity contribution in [1.29, 1.82) is 0 Å². The molecule has 0 amide bonds. The molecule has 0 aliphatic heterocycles. The van der Waals surface area contributed by atoms with E-state index in [1.54, 1.807) is 13.8 Å². The fourth-order valence-corrected chi connectivity index (χ4v) is 2.64. The molecule has 0 saturated carbocycles. The molecule has 0 saturated heterocycles. The molecule has 0 heterocycles. The molecule has 0 aliphatic carbocycles. The largest absolute Gasteiger partial charge is 0.466 e. The second-order valence-corrected chi connectivity index (χ2v) is 5.38. The van der Waals surface area contributed by atoms with Crippen LogP contribution in [0.4, 0.5) is 0 Å². The van der Waals surface area contributed by atoms with Crippen LogP contribution in [-0.4, -0.2) is 25.2 Å². The monoisotopic (exact) mass is 306 g/mol. The highest BCUT2D eigenvalue weighted by Gasteiger charge is 2.22. The quantitative estimate of drug-likeness (QED) is 0.754. The third kappa shape index (κ3) is 3.87. The van der Waals surface area contributed by atoms with Crippen LogP contribution in [0.15, 0.2) is 0 Å². The minimum absolute atomic E-state index is 0.243. The van der Waals surface area contributed by atoms with Gasteiger partial charge in [0.1, 0.15) is 0 Å². The molecule has 0 N–H and O–H groups in total. The zero-order valence-corrected chi connectivity index (χ0v) is 14.5. The van der Waals surface area contributed by atoms with Crippen molar-refractivity contribution >= 4 is 11.9 Å². The van der Waals surface area contributed by atoms with Crippen LogP contribution >= 0.6 is 0 Å². The van der Waals surface area contributed by atoms with E-state index in [-0.39, 0.29) is 18.4 Å². The van der Waals surface area contributed by atoms with Crippen LogP contribution < -0.4 is 0 Å². The molecule has 0 unspecified atom stereocenters. The Hall–Kier alpha value is -1.84. The Kier molecular flexibility index (Phi) is 6.60. The summed E-state index contributed by atoms with van der Waals surface area (Å²) >= 11 is 0. The van der Waals surface area contributed by atoms with Gasteiger partial charge >= 0.3 is 11.9 Å². The van der Waals surface area contributed by atoms with Gasteiger partial charge in [0.15, 0.2) is 0 Å². The lowest BCUT2D eigenvalue weighted by Gasteiger charge is -2.19.